The number of aromatic nitrogens is 1. The summed E-state index contributed by atoms with van der Waals surface area (Å²) in [5.74, 6) is -0.000538. The van der Waals surface area contributed by atoms with Crippen molar-refractivity contribution in [3.05, 3.63) is 71.7 Å². The Morgan fingerprint density at radius 1 is 1.18 bits per heavy atom. The van der Waals surface area contributed by atoms with Crippen LogP contribution in [0.25, 0.3) is 10.9 Å². The molecule has 3 aromatic rings. The Hall–Kier alpha value is -2.95. The maximum Gasteiger partial charge on any atom is 0.257 e. The fourth-order valence-corrected chi connectivity index (χ4v) is 3.98. The van der Waals surface area contributed by atoms with Crippen molar-refractivity contribution in [3.63, 3.8) is 0 Å². The highest BCUT2D eigenvalue weighted by molar-refractivity contribution is 6.02. The van der Waals surface area contributed by atoms with Crippen molar-refractivity contribution in [2.24, 2.45) is 5.92 Å². The van der Waals surface area contributed by atoms with Crippen LogP contribution in [0, 0.1) is 11.7 Å². The quantitative estimate of drug-likeness (QED) is 0.724. The number of carbonyl (C=O) groups is 1. The van der Waals surface area contributed by atoms with Gasteiger partial charge in [0, 0.05) is 24.7 Å². The van der Waals surface area contributed by atoms with Gasteiger partial charge in [0.2, 0.25) is 0 Å². The molecule has 28 heavy (non-hydrogen) atoms. The highest BCUT2D eigenvalue weighted by atomic mass is 19.1. The first kappa shape index (κ1) is 18.4. The summed E-state index contributed by atoms with van der Waals surface area (Å²) in [4.78, 5) is 19.1. The van der Waals surface area contributed by atoms with Gasteiger partial charge in [0.25, 0.3) is 5.91 Å². The predicted octanol–water partition coefficient (Wildman–Crippen LogP) is 4.56. The third-order valence-corrected chi connectivity index (χ3v) is 5.54. The van der Waals surface area contributed by atoms with Gasteiger partial charge in [-0.3, -0.25) is 9.78 Å². The highest BCUT2D eigenvalue weighted by Crippen LogP contribution is 2.30. The van der Waals surface area contributed by atoms with Crippen LogP contribution < -0.4 is 0 Å². The van der Waals surface area contributed by atoms with E-state index in [1.807, 2.05) is 29.2 Å². The number of benzene rings is 2. The molecule has 0 radical (unpaired) electrons. The SMILES string of the molecule is O=C(c1ccc2cccnc2c1O)N1CCC[C@H](CCc2ccc(F)cc2)C1. The van der Waals surface area contributed by atoms with Gasteiger partial charge in [-0.05, 0) is 61.4 Å². The molecule has 0 unspecified atom stereocenters. The monoisotopic (exact) mass is 378 g/mol. The standard InChI is InChI=1S/C23H23FN2O2/c24-19-10-7-16(8-11-19)5-6-17-3-2-14-26(15-17)23(28)20-12-9-18-4-1-13-25-21(18)22(20)27/h1,4,7-13,17,27H,2-3,5-6,14-15H2/t17-/m1/s1. The van der Waals surface area contributed by atoms with Crippen LogP contribution in [0.1, 0.15) is 35.2 Å². The minimum Gasteiger partial charge on any atom is -0.505 e. The summed E-state index contributed by atoms with van der Waals surface area (Å²) in [6.45, 7) is 1.38. The van der Waals surface area contributed by atoms with E-state index >= 15 is 0 Å². The van der Waals surface area contributed by atoms with Crippen LogP contribution in [0.3, 0.4) is 0 Å². The number of fused-ring (bicyclic) bond motifs is 1. The second-order valence-corrected chi connectivity index (χ2v) is 7.46. The highest BCUT2D eigenvalue weighted by Gasteiger charge is 2.26. The Labute approximate surface area is 163 Å². The van der Waals surface area contributed by atoms with Gasteiger partial charge >= 0.3 is 0 Å². The van der Waals surface area contributed by atoms with Crippen LogP contribution in [0.5, 0.6) is 5.75 Å². The van der Waals surface area contributed by atoms with Crippen molar-refractivity contribution in [2.75, 3.05) is 13.1 Å². The lowest BCUT2D eigenvalue weighted by atomic mass is 9.91. The van der Waals surface area contributed by atoms with Gasteiger partial charge < -0.3 is 10.0 Å². The second kappa shape index (κ2) is 7.97. The Kier molecular flexibility index (Phi) is 5.24. The van der Waals surface area contributed by atoms with Crippen molar-refractivity contribution < 1.29 is 14.3 Å². The number of aromatic hydroxyl groups is 1. The fourth-order valence-electron chi connectivity index (χ4n) is 3.98. The number of carbonyl (C=O) groups excluding carboxylic acids is 1. The molecular formula is C23H23FN2O2. The zero-order valence-corrected chi connectivity index (χ0v) is 15.6. The van der Waals surface area contributed by atoms with Crippen molar-refractivity contribution in [2.45, 2.75) is 25.7 Å². The van der Waals surface area contributed by atoms with Crippen molar-refractivity contribution in [1.29, 1.82) is 0 Å². The van der Waals surface area contributed by atoms with Crippen LogP contribution >= 0.6 is 0 Å². The zero-order chi connectivity index (χ0) is 19.5. The Bertz CT molecular complexity index is 988. The summed E-state index contributed by atoms with van der Waals surface area (Å²) in [6.07, 6.45) is 5.48. The van der Waals surface area contributed by atoms with Gasteiger partial charge in [-0.1, -0.05) is 24.3 Å². The van der Waals surface area contributed by atoms with Gasteiger partial charge in [-0.25, -0.2) is 4.39 Å². The molecule has 1 aromatic heterocycles. The minimum atomic E-state index is -0.220. The average Bonchev–Trinajstić information content (AvgIpc) is 2.74. The number of nitrogens with zero attached hydrogens (tertiary/aromatic N) is 2. The van der Waals surface area contributed by atoms with E-state index in [-0.39, 0.29) is 17.5 Å². The second-order valence-electron chi connectivity index (χ2n) is 7.46. The number of aryl methyl sites for hydroxylation is 1. The Balaban J connectivity index is 1.44. The van der Waals surface area contributed by atoms with Gasteiger partial charge in [0.05, 0.1) is 5.56 Å². The maximum atomic E-state index is 13.0. The number of likely N-dealkylation sites (tertiary alicyclic amines) is 1. The molecule has 4 nitrogen and oxygen atoms in total. The first-order chi connectivity index (χ1) is 13.6. The number of hydrogen-bond acceptors (Lipinski definition) is 3. The molecule has 1 atom stereocenters. The number of hydrogen-bond donors (Lipinski definition) is 1. The Morgan fingerprint density at radius 3 is 2.82 bits per heavy atom. The molecule has 1 aliphatic rings. The molecular weight excluding hydrogens is 355 g/mol. The number of rotatable bonds is 4. The van der Waals surface area contributed by atoms with E-state index in [0.717, 1.165) is 36.6 Å². The summed E-state index contributed by atoms with van der Waals surface area (Å²) < 4.78 is 13.0. The van der Waals surface area contributed by atoms with Crippen molar-refractivity contribution >= 4 is 16.8 Å². The fraction of sp³-hybridized carbons (Fsp3) is 0.304. The smallest absolute Gasteiger partial charge is 0.257 e. The normalized spacial score (nSPS) is 17.0. The number of pyridine rings is 1. The lowest BCUT2D eigenvalue weighted by Crippen LogP contribution is -2.40. The van der Waals surface area contributed by atoms with Crippen LogP contribution in [-0.4, -0.2) is 34.0 Å². The predicted molar refractivity (Wildman–Crippen MR) is 107 cm³/mol. The molecule has 1 amide bonds. The molecule has 0 bridgehead atoms. The van der Waals surface area contributed by atoms with Crippen LogP contribution in [0.15, 0.2) is 54.7 Å². The molecule has 0 saturated carbocycles. The van der Waals surface area contributed by atoms with E-state index in [4.69, 9.17) is 0 Å². The van der Waals surface area contributed by atoms with E-state index < -0.39 is 0 Å². The average molecular weight is 378 g/mol. The van der Waals surface area contributed by atoms with Gasteiger partial charge in [0.1, 0.15) is 11.3 Å². The molecule has 1 aliphatic heterocycles. The summed E-state index contributed by atoms with van der Waals surface area (Å²) >= 11 is 0. The lowest BCUT2D eigenvalue weighted by Gasteiger charge is -2.33. The van der Waals surface area contributed by atoms with Gasteiger partial charge in [-0.15, -0.1) is 0 Å². The van der Waals surface area contributed by atoms with Crippen LogP contribution in [0.4, 0.5) is 4.39 Å². The Morgan fingerprint density at radius 2 is 2.00 bits per heavy atom. The molecule has 2 aromatic carbocycles. The molecule has 5 heteroatoms. The van der Waals surface area contributed by atoms with Crippen molar-refractivity contribution in [3.8, 4) is 5.75 Å². The molecule has 0 spiro atoms. The molecule has 1 fully saturated rings. The summed E-state index contributed by atoms with van der Waals surface area (Å²) in [5, 5.41) is 11.4. The van der Waals surface area contributed by atoms with E-state index in [1.54, 1.807) is 18.3 Å². The lowest BCUT2D eigenvalue weighted by molar-refractivity contribution is 0.0665. The number of phenolic OH excluding ortho intramolecular Hbond substituents is 1. The molecule has 4 rings (SSSR count). The first-order valence-electron chi connectivity index (χ1n) is 9.72. The summed E-state index contributed by atoms with van der Waals surface area (Å²) in [5.41, 5.74) is 1.88. The number of amides is 1. The van der Waals surface area contributed by atoms with E-state index in [0.29, 0.717) is 30.1 Å². The van der Waals surface area contributed by atoms with E-state index in [9.17, 15) is 14.3 Å². The van der Waals surface area contributed by atoms with E-state index in [2.05, 4.69) is 4.98 Å². The molecule has 1 N–H and O–H groups in total. The van der Waals surface area contributed by atoms with Crippen molar-refractivity contribution in [1.82, 2.24) is 9.88 Å². The number of piperidine rings is 1. The summed E-state index contributed by atoms with van der Waals surface area (Å²) in [6, 6.07) is 13.8. The van der Waals surface area contributed by atoms with Crippen LogP contribution in [-0.2, 0) is 6.42 Å². The first-order valence-corrected chi connectivity index (χ1v) is 9.72. The summed E-state index contributed by atoms with van der Waals surface area (Å²) in [7, 11) is 0. The number of halogens is 1. The molecule has 1 saturated heterocycles. The third-order valence-electron chi connectivity index (χ3n) is 5.54. The molecule has 2 heterocycles. The minimum absolute atomic E-state index is 0.0449. The molecule has 0 aliphatic carbocycles. The third kappa shape index (κ3) is 3.84. The van der Waals surface area contributed by atoms with E-state index in [1.165, 1.54) is 12.1 Å². The largest absolute Gasteiger partial charge is 0.505 e. The topological polar surface area (TPSA) is 53.4 Å². The van der Waals surface area contributed by atoms with Crippen LogP contribution in [0.2, 0.25) is 0 Å². The number of phenols is 1. The van der Waals surface area contributed by atoms with Gasteiger partial charge in [-0.2, -0.15) is 0 Å². The zero-order valence-electron chi connectivity index (χ0n) is 15.6. The maximum absolute atomic E-state index is 13.0. The molecule has 144 valence electrons. The van der Waals surface area contributed by atoms with Gasteiger partial charge in [0.15, 0.2) is 5.75 Å².